The minimum Gasteiger partial charge on any atom is -0.466 e. The van der Waals surface area contributed by atoms with Crippen LogP contribution in [0.4, 0.5) is 0 Å². The number of esters is 1. The molecule has 0 unspecified atom stereocenters. The molecule has 1 atom stereocenters. The van der Waals surface area contributed by atoms with Gasteiger partial charge in [0.15, 0.2) is 0 Å². The highest BCUT2D eigenvalue weighted by atomic mass is 16.5. The van der Waals surface area contributed by atoms with Crippen LogP contribution in [0.15, 0.2) is 36.5 Å². The molecule has 0 saturated carbocycles. The molecule has 2 heterocycles. The smallest absolute Gasteiger partial charge is 0.310 e. The van der Waals surface area contributed by atoms with Gasteiger partial charge in [-0.3, -0.25) is 14.7 Å². The number of nitrogens with one attached hydrogen (secondary N) is 1. The van der Waals surface area contributed by atoms with E-state index in [1.807, 2.05) is 30.3 Å². The summed E-state index contributed by atoms with van der Waals surface area (Å²) in [6.07, 6.45) is 3.12. The number of amides is 1. The van der Waals surface area contributed by atoms with E-state index in [1.54, 1.807) is 18.0 Å². The van der Waals surface area contributed by atoms with Gasteiger partial charge in [-0.05, 0) is 19.8 Å². The predicted molar refractivity (Wildman–Crippen MR) is 89.3 cm³/mol. The van der Waals surface area contributed by atoms with Crippen LogP contribution >= 0.6 is 0 Å². The number of rotatable bonds is 4. The van der Waals surface area contributed by atoms with Crippen molar-refractivity contribution in [3.05, 3.63) is 42.1 Å². The SMILES string of the molecule is CCOC(=O)[C@H]1CCCN(C(=O)c2cn[nH]c2-c2ccccc2)C1. The molecule has 0 spiro atoms. The number of piperidine rings is 1. The number of H-pyrrole nitrogens is 1. The first kappa shape index (κ1) is 16.2. The van der Waals surface area contributed by atoms with Crippen molar-refractivity contribution in [2.45, 2.75) is 19.8 Å². The van der Waals surface area contributed by atoms with Gasteiger partial charge < -0.3 is 9.64 Å². The number of hydrogen-bond acceptors (Lipinski definition) is 4. The zero-order valence-electron chi connectivity index (χ0n) is 13.7. The third-order valence-electron chi connectivity index (χ3n) is 4.26. The summed E-state index contributed by atoms with van der Waals surface area (Å²) in [6.45, 7) is 3.20. The average Bonchev–Trinajstić information content (AvgIpc) is 3.12. The molecule has 0 bridgehead atoms. The van der Waals surface area contributed by atoms with Crippen molar-refractivity contribution in [3.63, 3.8) is 0 Å². The quantitative estimate of drug-likeness (QED) is 0.876. The normalized spacial score (nSPS) is 17.5. The molecular weight excluding hydrogens is 306 g/mol. The second kappa shape index (κ2) is 7.29. The topological polar surface area (TPSA) is 75.3 Å². The molecule has 1 N–H and O–H groups in total. The lowest BCUT2D eigenvalue weighted by Crippen LogP contribution is -2.42. The number of carbonyl (C=O) groups excluding carboxylic acids is 2. The summed E-state index contributed by atoms with van der Waals surface area (Å²) in [6, 6.07) is 9.63. The molecule has 1 saturated heterocycles. The van der Waals surface area contributed by atoms with Gasteiger partial charge in [-0.25, -0.2) is 0 Å². The van der Waals surface area contributed by atoms with Crippen molar-refractivity contribution < 1.29 is 14.3 Å². The van der Waals surface area contributed by atoms with Crippen LogP contribution in [-0.2, 0) is 9.53 Å². The Morgan fingerprint density at radius 3 is 2.88 bits per heavy atom. The largest absolute Gasteiger partial charge is 0.466 e. The van der Waals surface area contributed by atoms with Gasteiger partial charge in [-0.15, -0.1) is 0 Å². The van der Waals surface area contributed by atoms with E-state index in [0.29, 0.717) is 31.0 Å². The number of nitrogens with zero attached hydrogens (tertiary/aromatic N) is 2. The van der Waals surface area contributed by atoms with Crippen LogP contribution in [0.25, 0.3) is 11.3 Å². The number of carbonyl (C=O) groups is 2. The van der Waals surface area contributed by atoms with Gasteiger partial charge in [0.05, 0.1) is 30.0 Å². The minimum absolute atomic E-state index is 0.100. The Bertz CT molecular complexity index is 711. The van der Waals surface area contributed by atoms with Crippen molar-refractivity contribution in [3.8, 4) is 11.3 Å². The van der Waals surface area contributed by atoms with E-state index in [-0.39, 0.29) is 17.8 Å². The molecule has 126 valence electrons. The molecule has 1 fully saturated rings. The molecule has 1 amide bonds. The van der Waals surface area contributed by atoms with Crippen LogP contribution in [0.5, 0.6) is 0 Å². The van der Waals surface area contributed by atoms with Crippen molar-refractivity contribution in [2.75, 3.05) is 19.7 Å². The Labute approximate surface area is 140 Å². The Kier molecular flexibility index (Phi) is 4.93. The van der Waals surface area contributed by atoms with Gasteiger partial charge >= 0.3 is 5.97 Å². The number of hydrogen-bond donors (Lipinski definition) is 1. The van der Waals surface area contributed by atoms with E-state index in [1.165, 1.54) is 0 Å². The molecule has 24 heavy (non-hydrogen) atoms. The second-order valence-corrected chi connectivity index (χ2v) is 5.87. The maximum atomic E-state index is 12.9. The molecule has 1 aromatic heterocycles. The minimum atomic E-state index is -0.241. The van der Waals surface area contributed by atoms with E-state index in [9.17, 15) is 9.59 Å². The molecular formula is C18H21N3O3. The standard InChI is InChI=1S/C18H21N3O3/c1-2-24-18(23)14-9-6-10-21(12-14)17(22)15-11-19-20-16(15)13-7-4-3-5-8-13/h3-5,7-8,11,14H,2,6,9-10,12H2,1H3,(H,19,20)/t14-/m0/s1. The van der Waals surface area contributed by atoms with Gasteiger partial charge in [0, 0.05) is 18.7 Å². The summed E-state index contributed by atoms with van der Waals surface area (Å²) in [7, 11) is 0. The fourth-order valence-corrected chi connectivity index (χ4v) is 3.06. The highest BCUT2D eigenvalue weighted by molar-refractivity contribution is 6.00. The highest BCUT2D eigenvalue weighted by Gasteiger charge is 2.31. The Hall–Kier alpha value is -2.63. The summed E-state index contributed by atoms with van der Waals surface area (Å²) in [5.41, 5.74) is 2.15. The van der Waals surface area contributed by atoms with Crippen LogP contribution in [-0.4, -0.2) is 46.7 Å². The molecule has 0 radical (unpaired) electrons. The molecule has 2 aromatic rings. The van der Waals surface area contributed by atoms with E-state index in [4.69, 9.17) is 4.74 Å². The molecule has 1 aromatic carbocycles. The predicted octanol–water partition coefficient (Wildman–Crippen LogP) is 2.49. The summed E-state index contributed by atoms with van der Waals surface area (Å²) in [5.74, 6) is -0.559. The first-order chi connectivity index (χ1) is 11.7. The van der Waals surface area contributed by atoms with E-state index in [0.717, 1.165) is 18.4 Å². The molecule has 1 aliphatic heterocycles. The van der Waals surface area contributed by atoms with Crippen LogP contribution in [0.2, 0.25) is 0 Å². The van der Waals surface area contributed by atoms with Crippen molar-refractivity contribution in [2.24, 2.45) is 5.92 Å². The van der Waals surface area contributed by atoms with Crippen molar-refractivity contribution in [1.82, 2.24) is 15.1 Å². The Balaban J connectivity index is 1.78. The Morgan fingerprint density at radius 2 is 2.12 bits per heavy atom. The van der Waals surface area contributed by atoms with Crippen molar-refractivity contribution >= 4 is 11.9 Å². The molecule has 6 heteroatoms. The van der Waals surface area contributed by atoms with E-state index >= 15 is 0 Å². The molecule has 3 rings (SSSR count). The summed E-state index contributed by atoms with van der Waals surface area (Å²) in [4.78, 5) is 26.6. The third kappa shape index (κ3) is 3.32. The third-order valence-corrected chi connectivity index (χ3v) is 4.26. The summed E-state index contributed by atoms with van der Waals surface area (Å²) < 4.78 is 5.10. The van der Waals surface area contributed by atoms with Gasteiger partial charge in [-0.1, -0.05) is 30.3 Å². The number of likely N-dealkylation sites (tertiary alicyclic amines) is 1. The van der Waals surface area contributed by atoms with Gasteiger partial charge in [-0.2, -0.15) is 5.10 Å². The Morgan fingerprint density at radius 1 is 1.33 bits per heavy atom. The molecule has 1 aliphatic rings. The second-order valence-electron chi connectivity index (χ2n) is 5.87. The maximum Gasteiger partial charge on any atom is 0.310 e. The average molecular weight is 327 g/mol. The van der Waals surface area contributed by atoms with Gasteiger partial charge in [0.2, 0.25) is 0 Å². The highest BCUT2D eigenvalue weighted by Crippen LogP contribution is 2.25. The van der Waals surface area contributed by atoms with Crippen molar-refractivity contribution in [1.29, 1.82) is 0 Å². The monoisotopic (exact) mass is 327 g/mol. The lowest BCUT2D eigenvalue weighted by atomic mass is 9.97. The first-order valence-electron chi connectivity index (χ1n) is 8.25. The van der Waals surface area contributed by atoms with Gasteiger partial charge in [0.1, 0.15) is 0 Å². The van der Waals surface area contributed by atoms with E-state index < -0.39 is 0 Å². The van der Waals surface area contributed by atoms with Crippen LogP contribution in [0.3, 0.4) is 0 Å². The summed E-state index contributed by atoms with van der Waals surface area (Å²) >= 11 is 0. The summed E-state index contributed by atoms with van der Waals surface area (Å²) in [5, 5.41) is 6.94. The lowest BCUT2D eigenvalue weighted by Gasteiger charge is -2.31. The number of ether oxygens (including phenoxy) is 1. The fourth-order valence-electron chi connectivity index (χ4n) is 3.06. The molecule has 0 aliphatic carbocycles. The zero-order chi connectivity index (χ0) is 16.9. The van der Waals surface area contributed by atoms with Crippen LogP contribution in [0, 0.1) is 5.92 Å². The zero-order valence-corrected chi connectivity index (χ0v) is 13.7. The fraction of sp³-hybridized carbons (Fsp3) is 0.389. The number of benzene rings is 1. The van der Waals surface area contributed by atoms with Crippen LogP contribution < -0.4 is 0 Å². The number of aromatic amines is 1. The number of aromatic nitrogens is 2. The lowest BCUT2D eigenvalue weighted by molar-refractivity contribution is -0.149. The molecule has 6 nitrogen and oxygen atoms in total. The van der Waals surface area contributed by atoms with Crippen LogP contribution in [0.1, 0.15) is 30.1 Å². The maximum absolute atomic E-state index is 12.9. The first-order valence-corrected chi connectivity index (χ1v) is 8.25. The van der Waals surface area contributed by atoms with E-state index in [2.05, 4.69) is 10.2 Å². The van der Waals surface area contributed by atoms with Gasteiger partial charge in [0.25, 0.3) is 5.91 Å².